The molecule has 8 aromatic carbocycles. The van der Waals surface area contributed by atoms with Crippen molar-refractivity contribution in [3.8, 4) is 11.5 Å². The fourth-order valence-electron chi connectivity index (χ4n) is 10.7. The van der Waals surface area contributed by atoms with Gasteiger partial charge < -0.3 is 61.2 Å². The SMILES string of the molecule is C=CCO/N=C(/C)c1cc(C(=O)N[C@@H](Cc2cc(F)cc(F)c2)[C@H](O)CNCc2cccc(OC)c2)cc(C(=O)N[C@H](C)c2ccccc2)c1.CC(=O)OC(C)(C)C.COc1cccc(CNC[C@@H](O)[C@H](Cc2cc(F)cc(F)c2)NC(=O)c2cc(C(C)=O)cc(C(=O)N[C@H](C)c3ccccc3)c2)c1. The number of aliphatic hydroxyl groups excluding tert-OH is 2. The van der Waals surface area contributed by atoms with Gasteiger partial charge in [0.05, 0.1) is 56.3 Å². The molecular weight excluding hydrogens is 1340 g/mol. The lowest BCUT2D eigenvalue weighted by atomic mass is 9.98. The van der Waals surface area contributed by atoms with Crippen LogP contribution in [0, 0.1) is 23.3 Å². The van der Waals surface area contributed by atoms with Crippen molar-refractivity contribution in [3.05, 3.63) is 285 Å². The number of nitrogens with zero attached hydrogens (tertiary/aromatic N) is 1. The van der Waals surface area contributed by atoms with Crippen molar-refractivity contribution in [2.75, 3.05) is 33.9 Å². The highest BCUT2D eigenvalue weighted by molar-refractivity contribution is 6.07. The van der Waals surface area contributed by atoms with Gasteiger partial charge in [0.15, 0.2) is 5.78 Å². The van der Waals surface area contributed by atoms with Gasteiger partial charge in [-0.1, -0.05) is 103 Å². The average Bonchev–Trinajstić information content (AvgIpc) is 0.829. The Morgan fingerprint density at radius 2 is 0.846 bits per heavy atom. The number of amides is 4. The van der Waals surface area contributed by atoms with Crippen LogP contribution in [0.15, 0.2) is 200 Å². The summed E-state index contributed by atoms with van der Waals surface area (Å²) in [6.45, 7) is 18.2. The highest BCUT2D eigenvalue weighted by Gasteiger charge is 2.27. The molecule has 23 heteroatoms. The number of esters is 1. The molecule has 0 fully saturated rings. The molecule has 0 heterocycles. The van der Waals surface area contributed by atoms with Gasteiger partial charge in [0.25, 0.3) is 23.6 Å². The van der Waals surface area contributed by atoms with E-state index in [9.17, 15) is 56.5 Å². The van der Waals surface area contributed by atoms with Gasteiger partial charge >= 0.3 is 5.97 Å². The van der Waals surface area contributed by atoms with E-state index in [1.54, 1.807) is 33.3 Å². The molecule has 4 amide bonds. The van der Waals surface area contributed by atoms with Crippen molar-refractivity contribution in [1.82, 2.24) is 31.9 Å². The lowest BCUT2D eigenvalue weighted by Gasteiger charge is -2.25. The van der Waals surface area contributed by atoms with Crippen molar-refractivity contribution >= 4 is 41.1 Å². The van der Waals surface area contributed by atoms with Gasteiger partial charge in [-0.2, -0.15) is 0 Å². The standard InChI is InChI=1S/C39H42F2N4O5.C36H37F2N3O5.C6H12O2/c1-5-14-50-45-26(3)30-19-31(38(47)43-25(2)29-11-7-6-8-12-29)21-32(20-30)39(48)44-36(18-28-15-33(40)22-34(41)16-28)37(46)24-42-23-27-10-9-13-35(17-27)49-4;1-22(26-9-5-4-6-10-26)40-35(44)28-16-27(23(2)42)17-29(18-28)36(45)41-33(15-25-12-30(37)19-31(38)13-25)34(43)21-39-20-24-8-7-11-32(14-24)46-3;1-5(7)8-6(2,3)4/h5-13,15-17,19-22,25,36-37,42,46H,1,14,18,23-24H2,2-4H3,(H,43,47)(H,44,48);4-14,16-19,22,33-34,39,43H,15,20-21H2,1-3H3,(H,40,44)(H,41,45);1-4H3/b45-26-;;/t25-,36+,37-;22-,33+,34-;/m11./s1. The first-order chi connectivity index (χ1) is 49.5. The third-order valence-corrected chi connectivity index (χ3v) is 15.8. The van der Waals surface area contributed by atoms with E-state index in [0.29, 0.717) is 35.9 Å². The summed E-state index contributed by atoms with van der Waals surface area (Å²) in [5, 5.41) is 44.3. The van der Waals surface area contributed by atoms with E-state index in [0.717, 1.165) is 58.7 Å². The molecule has 0 aromatic heterocycles. The fraction of sp³-hybridized carbons (Fsp3) is 0.296. The third kappa shape index (κ3) is 27.8. The van der Waals surface area contributed by atoms with Gasteiger partial charge in [-0.15, -0.1) is 0 Å². The van der Waals surface area contributed by atoms with E-state index in [2.05, 4.69) is 43.6 Å². The van der Waals surface area contributed by atoms with Crippen molar-refractivity contribution in [2.45, 2.75) is 123 Å². The van der Waals surface area contributed by atoms with Crippen LogP contribution in [-0.4, -0.2) is 115 Å². The van der Waals surface area contributed by atoms with Crippen LogP contribution in [0.4, 0.5) is 17.6 Å². The average molecular weight is 1430 g/mol. The number of oxime groups is 1. The van der Waals surface area contributed by atoms with Crippen LogP contribution in [-0.2, 0) is 40.3 Å². The first-order valence-electron chi connectivity index (χ1n) is 33.5. The Kier molecular flexibility index (Phi) is 32.1. The lowest BCUT2D eigenvalue weighted by molar-refractivity contribution is -0.151. The number of hydrogen-bond acceptors (Lipinski definition) is 15. The number of aliphatic hydroxyl groups is 2. The maximum atomic E-state index is 14.1. The molecule has 0 bridgehead atoms. The summed E-state index contributed by atoms with van der Waals surface area (Å²) >= 11 is 0. The molecule has 0 radical (unpaired) electrons. The van der Waals surface area contributed by atoms with Gasteiger partial charge in [0.2, 0.25) is 0 Å². The number of nitrogens with one attached hydrogen (secondary N) is 6. The number of Topliss-reactive ketones (excluding diaryl/α,β-unsaturated/α-hetero) is 1. The second-order valence-electron chi connectivity index (χ2n) is 25.6. The topological polar surface area (TPSA) is 264 Å². The van der Waals surface area contributed by atoms with Crippen LogP contribution < -0.4 is 41.4 Å². The zero-order valence-electron chi connectivity index (χ0n) is 60.0. The van der Waals surface area contributed by atoms with Gasteiger partial charge in [-0.25, -0.2) is 17.6 Å². The molecule has 0 aliphatic carbocycles. The summed E-state index contributed by atoms with van der Waals surface area (Å²) in [7, 11) is 3.13. The lowest BCUT2D eigenvalue weighted by Crippen LogP contribution is -2.48. The van der Waals surface area contributed by atoms with Gasteiger partial charge in [-0.3, -0.25) is 28.8 Å². The second kappa shape index (κ2) is 40.7. The smallest absolute Gasteiger partial charge is 0.303 e. The molecule has 0 saturated carbocycles. The number of hydrogen-bond donors (Lipinski definition) is 8. The summed E-state index contributed by atoms with van der Waals surface area (Å²) in [5.74, 6) is -4.57. The van der Waals surface area contributed by atoms with Crippen molar-refractivity contribution in [2.24, 2.45) is 5.16 Å². The Labute approximate surface area is 604 Å². The maximum Gasteiger partial charge on any atom is 0.303 e. The summed E-state index contributed by atoms with van der Waals surface area (Å²) in [5.41, 5.74) is 5.12. The van der Waals surface area contributed by atoms with E-state index in [4.69, 9.17) is 19.0 Å². The summed E-state index contributed by atoms with van der Waals surface area (Å²) in [4.78, 5) is 82.0. The van der Waals surface area contributed by atoms with Crippen molar-refractivity contribution < 1.29 is 75.6 Å². The van der Waals surface area contributed by atoms with E-state index >= 15 is 0 Å². The number of halogens is 4. The van der Waals surface area contributed by atoms with Gasteiger partial charge in [-0.05, 0) is 180 Å². The summed E-state index contributed by atoms with van der Waals surface area (Å²) < 4.78 is 71.6. The summed E-state index contributed by atoms with van der Waals surface area (Å²) in [6, 6.07) is 45.7. The van der Waals surface area contributed by atoms with Crippen LogP contribution in [0.1, 0.15) is 158 Å². The Morgan fingerprint density at radius 3 is 1.18 bits per heavy atom. The number of rotatable bonds is 31. The van der Waals surface area contributed by atoms with Crippen molar-refractivity contribution in [1.29, 1.82) is 0 Å². The van der Waals surface area contributed by atoms with Crippen LogP contribution in [0.25, 0.3) is 0 Å². The van der Waals surface area contributed by atoms with Crippen LogP contribution in [0.2, 0.25) is 0 Å². The van der Waals surface area contributed by atoms with E-state index in [-0.39, 0.29) is 101 Å². The predicted octanol–water partition coefficient (Wildman–Crippen LogP) is 12.4. The predicted molar refractivity (Wildman–Crippen MR) is 391 cm³/mol. The number of benzene rings is 8. The normalized spacial score (nSPS) is 12.9. The Balaban J connectivity index is 0.000000296. The molecule has 550 valence electrons. The largest absolute Gasteiger partial charge is 0.497 e. The van der Waals surface area contributed by atoms with Crippen molar-refractivity contribution in [3.63, 3.8) is 0 Å². The fourth-order valence-corrected chi connectivity index (χ4v) is 10.7. The monoisotopic (exact) mass is 1430 g/mol. The molecule has 0 spiro atoms. The highest BCUT2D eigenvalue weighted by Crippen LogP contribution is 2.22. The van der Waals surface area contributed by atoms with E-state index in [1.165, 1.54) is 44.2 Å². The molecule has 104 heavy (non-hydrogen) atoms. The molecule has 0 aliphatic rings. The Bertz CT molecular complexity index is 4190. The highest BCUT2D eigenvalue weighted by atomic mass is 19.1. The summed E-state index contributed by atoms with van der Waals surface area (Å²) in [6.07, 6.45) is -1.02. The molecule has 8 aromatic rings. The molecule has 6 atom stereocenters. The zero-order valence-corrected chi connectivity index (χ0v) is 60.0. The molecule has 0 unspecified atom stereocenters. The molecular formula is C81H91F4N7O12. The Morgan fingerprint density at radius 1 is 0.481 bits per heavy atom. The minimum atomic E-state index is -1.19. The van der Waals surface area contributed by atoms with Gasteiger partial charge in [0, 0.05) is 78.6 Å². The zero-order chi connectivity index (χ0) is 76.0. The number of carbonyl (C=O) groups excluding carboxylic acids is 6. The number of ketones is 1. The first-order valence-corrected chi connectivity index (χ1v) is 33.5. The molecule has 0 saturated heterocycles. The number of ether oxygens (including phenoxy) is 3. The minimum absolute atomic E-state index is 0.0113. The molecule has 8 N–H and O–H groups in total. The first kappa shape index (κ1) is 82.1. The molecule has 0 aliphatic heterocycles. The number of methoxy groups -OCH3 is 2. The quantitative estimate of drug-likeness (QED) is 0.00382. The van der Waals surface area contributed by atoms with E-state index in [1.807, 2.05) is 144 Å². The third-order valence-electron chi connectivity index (χ3n) is 15.8. The molecule has 19 nitrogen and oxygen atoms in total. The number of carbonyl (C=O) groups is 6. The molecule has 8 rings (SSSR count). The van der Waals surface area contributed by atoms with E-state index < -0.39 is 71.2 Å². The minimum Gasteiger partial charge on any atom is -0.497 e. The van der Waals surface area contributed by atoms with Crippen LogP contribution in [0.3, 0.4) is 0 Å². The second-order valence-corrected chi connectivity index (χ2v) is 25.6. The van der Waals surface area contributed by atoms with Crippen LogP contribution >= 0.6 is 0 Å². The van der Waals surface area contributed by atoms with Crippen LogP contribution in [0.5, 0.6) is 11.5 Å². The maximum absolute atomic E-state index is 14.1. The van der Waals surface area contributed by atoms with Gasteiger partial charge in [0.1, 0.15) is 47.0 Å². The Hall–Kier alpha value is -10.9.